The van der Waals surface area contributed by atoms with E-state index in [0.29, 0.717) is 24.6 Å². The summed E-state index contributed by atoms with van der Waals surface area (Å²) in [6.45, 7) is 4.31. The van der Waals surface area contributed by atoms with E-state index < -0.39 is 0 Å². The molecule has 2 aliphatic rings. The number of likely N-dealkylation sites (tertiary alicyclic amines) is 1. The summed E-state index contributed by atoms with van der Waals surface area (Å²) >= 11 is 0. The van der Waals surface area contributed by atoms with Gasteiger partial charge in [0, 0.05) is 49.6 Å². The number of hydrogen-bond donors (Lipinski definition) is 1. The number of aromatic nitrogens is 2. The van der Waals surface area contributed by atoms with Crippen molar-refractivity contribution in [2.75, 3.05) is 19.6 Å². The van der Waals surface area contributed by atoms with Crippen LogP contribution in [-0.4, -0.2) is 46.3 Å². The molecule has 6 nitrogen and oxygen atoms in total. The Kier molecular flexibility index (Phi) is 6.22. The Labute approximate surface area is 155 Å². The second kappa shape index (κ2) is 8.60. The molecule has 2 amide bonds. The van der Waals surface area contributed by atoms with Gasteiger partial charge in [0.25, 0.3) is 0 Å². The maximum atomic E-state index is 12.8. The molecule has 2 fully saturated rings. The molecule has 0 radical (unpaired) electrons. The molecule has 1 aliphatic carbocycles. The first-order valence-electron chi connectivity index (χ1n) is 9.94. The molecule has 0 aromatic carbocycles. The quantitative estimate of drug-likeness (QED) is 0.774. The average Bonchev–Trinajstić information content (AvgIpc) is 3.09. The first-order valence-corrected chi connectivity index (χ1v) is 9.94. The number of carbonyl (C=O) groups excluding carboxylic acids is 2. The normalized spacial score (nSPS) is 19.2. The highest BCUT2D eigenvalue weighted by Crippen LogP contribution is 2.42. The monoisotopic (exact) mass is 358 g/mol. The number of nitrogens with one attached hydrogen (secondary N) is 1. The maximum absolute atomic E-state index is 12.8. The van der Waals surface area contributed by atoms with E-state index in [0.717, 1.165) is 45.2 Å². The largest absolute Gasteiger partial charge is 0.355 e. The summed E-state index contributed by atoms with van der Waals surface area (Å²) in [5, 5.41) is 3.19. The molecule has 6 heteroatoms. The molecule has 1 aromatic heterocycles. The van der Waals surface area contributed by atoms with Crippen LogP contribution in [0.25, 0.3) is 0 Å². The van der Waals surface area contributed by atoms with Crippen molar-refractivity contribution in [1.29, 1.82) is 0 Å². The van der Waals surface area contributed by atoms with Gasteiger partial charge >= 0.3 is 0 Å². The minimum Gasteiger partial charge on any atom is -0.355 e. The van der Waals surface area contributed by atoms with Gasteiger partial charge in [-0.2, -0.15) is 0 Å². The SMILES string of the molecule is CCCCC1(C(=O)NCC2CN(C(=O)Cc3cnccn3)C2)CCCC1. The fraction of sp³-hybridized carbons (Fsp3) is 0.700. The summed E-state index contributed by atoms with van der Waals surface area (Å²) in [5.74, 6) is 0.699. The molecule has 1 saturated carbocycles. The molecular weight excluding hydrogens is 328 g/mol. The number of nitrogens with zero attached hydrogens (tertiary/aromatic N) is 3. The summed E-state index contributed by atoms with van der Waals surface area (Å²) in [4.78, 5) is 35.0. The topological polar surface area (TPSA) is 75.2 Å². The summed E-state index contributed by atoms with van der Waals surface area (Å²) in [6, 6.07) is 0. The van der Waals surface area contributed by atoms with Crippen LogP contribution in [0.4, 0.5) is 0 Å². The molecule has 142 valence electrons. The van der Waals surface area contributed by atoms with Gasteiger partial charge in [-0.25, -0.2) is 0 Å². The zero-order valence-electron chi connectivity index (χ0n) is 15.7. The molecule has 1 N–H and O–H groups in total. The predicted octanol–water partition coefficient (Wildman–Crippen LogP) is 2.34. The predicted molar refractivity (Wildman–Crippen MR) is 99.2 cm³/mol. The smallest absolute Gasteiger partial charge is 0.228 e. The van der Waals surface area contributed by atoms with Gasteiger partial charge in [0.15, 0.2) is 0 Å². The lowest BCUT2D eigenvalue weighted by Gasteiger charge is -2.40. The van der Waals surface area contributed by atoms with Crippen molar-refractivity contribution in [2.45, 2.75) is 58.3 Å². The average molecular weight is 358 g/mol. The van der Waals surface area contributed by atoms with E-state index in [1.54, 1.807) is 18.6 Å². The van der Waals surface area contributed by atoms with E-state index >= 15 is 0 Å². The van der Waals surface area contributed by atoms with Crippen LogP contribution in [0.2, 0.25) is 0 Å². The fourth-order valence-corrected chi connectivity index (χ4v) is 4.17. The lowest BCUT2D eigenvalue weighted by molar-refractivity contribution is -0.137. The molecule has 1 aliphatic heterocycles. The highest BCUT2D eigenvalue weighted by Gasteiger charge is 2.41. The lowest BCUT2D eigenvalue weighted by Crippen LogP contribution is -2.55. The number of amides is 2. The second-order valence-corrected chi connectivity index (χ2v) is 7.84. The van der Waals surface area contributed by atoms with Crippen LogP contribution < -0.4 is 5.32 Å². The van der Waals surface area contributed by atoms with E-state index in [2.05, 4.69) is 22.2 Å². The van der Waals surface area contributed by atoms with E-state index in [-0.39, 0.29) is 17.2 Å². The highest BCUT2D eigenvalue weighted by molar-refractivity contribution is 5.83. The van der Waals surface area contributed by atoms with Crippen LogP contribution in [0.15, 0.2) is 18.6 Å². The fourth-order valence-electron chi connectivity index (χ4n) is 4.17. The van der Waals surface area contributed by atoms with Crippen LogP contribution in [-0.2, 0) is 16.0 Å². The minimum absolute atomic E-state index is 0.0864. The van der Waals surface area contributed by atoms with E-state index in [1.165, 1.54) is 12.8 Å². The molecular formula is C20H30N4O2. The van der Waals surface area contributed by atoms with Crippen LogP contribution in [0.1, 0.15) is 57.6 Å². The molecule has 26 heavy (non-hydrogen) atoms. The first-order chi connectivity index (χ1) is 12.6. The number of rotatable bonds is 8. The number of carbonyl (C=O) groups is 2. The molecule has 3 rings (SSSR count). The van der Waals surface area contributed by atoms with Crippen molar-refractivity contribution in [1.82, 2.24) is 20.2 Å². The van der Waals surface area contributed by atoms with Gasteiger partial charge in [0.1, 0.15) is 0 Å². The highest BCUT2D eigenvalue weighted by atomic mass is 16.2. The molecule has 1 aromatic rings. The van der Waals surface area contributed by atoms with Gasteiger partial charge in [-0.1, -0.05) is 32.6 Å². The molecule has 0 bridgehead atoms. The van der Waals surface area contributed by atoms with Gasteiger partial charge in [0.2, 0.25) is 11.8 Å². The van der Waals surface area contributed by atoms with E-state index in [1.807, 2.05) is 4.90 Å². The van der Waals surface area contributed by atoms with Gasteiger partial charge < -0.3 is 10.2 Å². The Balaban J connectivity index is 1.40. The van der Waals surface area contributed by atoms with Crippen LogP contribution in [0.5, 0.6) is 0 Å². The maximum Gasteiger partial charge on any atom is 0.228 e. The Morgan fingerprint density at radius 3 is 2.69 bits per heavy atom. The van der Waals surface area contributed by atoms with E-state index in [9.17, 15) is 9.59 Å². The zero-order valence-corrected chi connectivity index (χ0v) is 15.7. The van der Waals surface area contributed by atoms with Gasteiger partial charge in [-0.15, -0.1) is 0 Å². The third-order valence-electron chi connectivity index (χ3n) is 5.86. The van der Waals surface area contributed by atoms with Gasteiger partial charge in [0.05, 0.1) is 12.1 Å². The Hall–Kier alpha value is -1.98. The molecule has 1 saturated heterocycles. The zero-order chi connectivity index (χ0) is 18.4. The van der Waals surface area contributed by atoms with Crippen molar-refractivity contribution in [3.8, 4) is 0 Å². The third kappa shape index (κ3) is 4.40. The number of unbranched alkanes of at least 4 members (excludes halogenated alkanes) is 1. The molecule has 0 spiro atoms. The molecule has 2 heterocycles. The van der Waals surface area contributed by atoms with Gasteiger partial charge in [-0.3, -0.25) is 19.6 Å². The van der Waals surface area contributed by atoms with Crippen molar-refractivity contribution in [3.63, 3.8) is 0 Å². The summed E-state index contributed by atoms with van der Waals surface area (Å²) in [5.41, 5.74) is 0.578. The number of hydrogen-bond acceptors (Lipinski definition) is 4. The first kappa shape index (κ1) is 18.8. The van der Waals surface area contributed by atoms with Crippen LogP contribution in [0, 0.1) is 11.3 Å². The van der Waals surface area contributed by atoms with Crippen molar-refractivity contribution in [2.24, 2.45) is 11.3 Å². The minimum atomic E-state index is -0.124. The van der Waals surface area contributed by atoms with Crippen LogP contribution in [0.3, 0.4) is 0 Å². The standard InChI is InChI=1S/C20H30N4O2/c1-2-3-6-20(7-4-5-8-20)19(26)23-12-16-14-24(15-16)18(25)11-17-13-21-9-10-22-17/h9-10,13,16H,2-8,11-12,14-15H2,1H3,(H,23,26). The van der Waals surface area contributed by atoms with Crippen molar-refractivity contribution >= 4 is 11.8 Å². The van der Waals surface area contributed by atoms with Gasteiger partial charge in [-0.05, 0) is 19.3 Å². The molecule has 0 unspecified atom stereocenters. The lowest BCUT2D eigenvalue weighted by atomic mass is 9.80. The van der Waals surface area contributed by atoms with E-state index in [4.69, 9.17) is 0 Å². The summed E-state index contributed by atoms with van der Waals surface area (Å²) < 4.78 is 0. The summed E-state index contributed by atoms with van der Waals surface area (Å²) in [7, 11) is 0. The Bertz CT molecular complexity index is 607. The third-order valence-corrected chi connectivity index (χ3v) is 5.86. The summed E-state index contributed by atoms with van der Waals surface area (Å²) in [6.07, 6.45) is 12.8. The Morgan fingerprint density at radius 1 is 1.27 bits per heavy atom. The molecule has 0 atom stereocenters. The van der Waals surface area contributed by atoms with Crippen molar-refractivity contribution < 1.29 is 9.59 Å². The Morgan fingerprint density at radius 2 is 2.04 bits per heavy atom. The van der Waals surface area contributed by atoms with Crippen LogP contribution >= 0.6 is 0 Å². The second-order valence-electron chi connectivity index (χ2n) is 7.84. The van der Waals surface area contributed by atoms with Crippen molar-refractivity contribution in [3.05, 3.63) is 24.3 Å².